The molecule has 1 spiro atoms. The van der Waals surface area contributed by atoms with E-state index in [0.717, 1.165) is 25.7 Å². The predicted molar refractivity (Wildman–Crippen MR) is 68.0 cm³/mol. The molecule has 0 saturated heterocycles. The molecule has 1 amide bonds. The first-order valence-electron chi connectivity index (χ1n) is 6.36. The Morgan fingerprint density at radius 2 is 2.11 bits per heavy atom. The minimum absolute atomic E-state index is 0.0725. The number of para-hydroxylation sites is 1. The molecule has 1 saturated carbocycles. The molecule has 1 heterocycles. The summed E-state index contributed by atoms with van der Waals surface area (Å²) in [6.45, 7) is 0.471. The summed E-state index contributed by atoms with van der Waals surface area (Å²) in [5.41, 5.74) is 0.318. The molecular weight excluding hydrogens is 230 g/mol. The third-order valence-corrected chi connectivity index (χ3v) is 3.99. The number of methoxy groups -OCH3 is 1. The molecule has 18 heavy (non-hydrogen) atoms. The highest BCUT2D eigenvalue weighted by Gasteiger charge is 2.44. The van der Waals surface area contributed by atoms with Crippen LogP contribution in [0, 0.1) is 5.41 Å². The molecule has 1 N–H and O–H groups in total. The van der Waals surface area contributed by atoms with E-state index >= 15 is 0 Å². The van der Waals surface area contributed by atoms with Crippen molar-refractivity contribution in [3.8, 4) is 11.5 Å². The number of benzene rings is 1. The number of amides is 1. The second kappa shape index (κ2) is 4.19. The topological polar surface area (TPSA) is 47.6 Å². The number of anilines is 1. The molecule has 1 aliphatic carbocycles. The van der Waals surface area contributed by atoms with Crippen LogP contribution in [-0.4, -0.2) is 19.6 Å². The lowest BCUT2D eigenvalue weighted by Crippen LogP contribution is -2.37. The fourth-order valence-electron chi connectivity index (χ4n) is 2.88. The molecule has 2 aliphatic rings. The quantitative estimate of drug-likeness (QED) is 0.829. The third kappa shape index (κ3) is 1.64. The molecule has 96 valence electrons. The van der Waals surface area contributed by atoms with Crippen molar-refractivity contribution in [3.05, 3.63) is 18.2 Å². The lowest BCUT2D eigenvalue weighted by Gasteiger charge is -2.23. The van der Waals surface area contributed by atoms with Gasteiger partial charge in [0.2, 0.25) is 5.91 Å². The molecule has 1 aromatic rings. The minimum Gasteiger partial charge on any atom is -0.494 e. The Labute approximate surface area is 106 Å². The van der Waals surface area contributed by atoms with E-state index < -0.39 is 0 Å². The first-order valence-corrected chi connectivity index (χ1v) is 6.36. The number of nitrogens with one attached hydrogen (secondary N) is 1. The highest BCUT2D eigenvalue weighted by atomic mass is 16.5. The zero-order valence-corrected chi connectivity index (χ0v) is 10.5. The summed E-state index contributed by atoms with van der Waals surface area (Å²) in [6, 6.07) is 5.57. The SMILES string of the molecule is COc1cccc2c1NC(=O)C1(CCCC1)CO2. The van der Waals surface area contributed by atoms with E-state index in [0.29, 0.717) is 23.8 Å². The van der Waals surface area contributed by atoms with Gasteiger partial charge < -0.3 is 14.8 Å². The number of carbonyl (C=O) groups is 1. The van der Waals surface area contributed by atoms with Crippen LogP contribution in [0.4, 0.5) is 5.69 Å². The van der Waals surface area contributed by atoms with Crippen LogP contribution >= 0.6 is 0 Å². The minimum atomic E-state index is -0.343. The molecule has 0 unspecified atom stereocenters. The van der Waals surface area contributed by atoms with Gasteiger partial charge in [-0.05, 0) is 25.0 Å². The maximum absolute atomic E-state index is 12.4. The lowest BCUT2D eigenvalue weighted by molar-refractivity contribution is -0.126. The van der Waals surface area contributed by atoms with Crippen molar-refractivity contribution in [2.24, 2.45) is 5.41 Å². The van der Waals surface area contributed by atoms with Crippen molar-refractivity contribution < 1.29 is 14.3 Å². The molecule has 4 heteroatoms. The number of fused-ring (bicyclic) bond motifs is 1. The Morgan fingerprint density at radius 3 is 2.83 bits per heavy atom. The lowest BCUT2D eigenvalue weighted by atomic mass is 9.86. The van der Waals surface area contributed by atoms with Crippen LogP contribution in [0.15, 0.2) is 18.2 Å². The second-order valence-electron chi connectivity index (χ2n) is 5.06. The Kier molecular flexibility index (Phi) is 2.65. The van der Waals surface area contributed by atoms with Crippen LogP contribution in [0.2, 0.25) is 0 Å². The maximum atomic E-state index is 12.4. The van der Waals surface area contributed by atoms with E-state index in [-0.39, 0.29) is 11.3 Å². The van der Waals surface area contributed by atoms with Gasteiger partial charge in [0, 0.05) is 0 Å². The van der Waals surface area contributed by atoms with Gasteiger partial charge in [-0.3, -0.25) is 4.79 Å². The van der Waals surface area contributed by atoms with Crippen molar-refractivity contribution in [1.82, 2.24) is 0 Å². The summed E-state index contributed by atoms with van der Waals surface area (Å²) in [6.07, 6.45) is 4.03. The van der Waals surface area contributed by atoms with E-state index in [1.54, 1.807) is 7.11 Å². The summed E-state index contributed by atoms with van der Waals surface area (Å²) in [5.74, 6) is 1.42. The molecule has 1 aromatic carbocycles. The molecule has 1 fully saturated rings. The number of carbonyl (C=O) groups excluding carboxylic acids is 1. The predicted octanol–water partition coefficient (Wildman–Crippen LogP) is 2.59. The first-order chi connectivity index (χ1) is 8.75. The van der Waals surface area contributed by atoms with Crippen molar-refractivity contribution in [2.45, 2.75) is 25.7 Å². The number of rotatable bonds is 1. The highest BCUT2D eigenvalue weighted by Crippen LogP contribution is 2.45. The van der Waals surface area contributed by atoms with Crippen molar-refractivity contribution in [1.29, 1.82) is 0 Å². The second-order valence-corrected chi connectivity index (χ2v) is 5.06. The van der Waals surface area contributed by atoms with Gasteiger partial charge in [-0.15, -0.1) is 0 Å². The average Bonchev–Trinajstić information content (AvgIpc) is 2.81. The number of hydrogen-bond acceptors (Lipinski definition) is 3. The zero-order chi connectivity index (χ0) is 12.6. The Morgan fingerprint density at radius 1 is 1.33 bits per heavy atom. The van der Waals surface area contributed by atoms with E-state index in [4.69, 9.17) is 9.47 Å². The van der Waals surface area contributed by atoms with Gasteiger partial charge in [0.25, 0.3) is 0 Å². The molecular formula is C14H17NO3. The van der Waals surface area contributed by atoms with E-state index in [1.807, 2.05) is 18.2 Å². The van der Waals surface area contributed by atoms with Gasteiger partial charge in [0.1, 0.15) is 23.8 Å². The smallest absolute Gasteiger partial charge is 0.234 e. The van der Waals surface area contributed by atoms with E-state index in [2.05, 4.69) is 5.32 Å². The number of hydrogen-bond donors (Lipinski definition) is 1. The molecule has 1 aliphatic heterocycles. The van der Waals surface area contributed by atoms with Crippen LogP contribution in [0.3, 0.4) is 0 Å². The Balaban J connectivity index is 1.98. The van der Waals surface area contributed by atoms with Crippen LogP contribution in [0.1, 0.15) is 25.7 Å². The Bertz CT molecular complexity index is 478. The van der Waals surface area contributed by atoms with Crippen LogP contribution in [0.5, 0.6) is 11.5 Å². The van der Waals surface area contributed by atoms with Gasteiger partial charge in [-0.25, -0.2) is 0 Å². The average molecular weight is 247 g/mol. The van der Waals surface area contributed by atoms with Gasteiger partial charge in [0.05, 0.1) is 12.5 Å². The first kappa shape index (κ1) is 11.4. The van der Waals surface area contributed by atoms with E-state index in [9.17, 15) is 4.79 Å². The normalized spacial score (nSPS) is 20.8. The highest BCUT2D eigenvalue weighted by molar-refractivity contribution is 5.99. The van der Waals surface area contributed by atoms with Crippen molar-refractivity contribution in [3.63, 3.8) is 0 Å². The monoisotopic (exact) mass is 247 g/mol. The van der Waals surface area contributed by atoms with Crippen molar-refractivity contribution in [2.75, 3.05) is 19.0 Å². The van der Waals surface area contributed by atoms with Gasteiger partial charge in [-0.2, -0.15) is 0 Å². The standard InChI is InChI=1S/C14H17NO3/c1-17-10-5-4-6-11-12(10)15-13(16)14(9-18-11)7-2-3-8-14/h4-6H,2-3,7-9H2,1H3,(H,15,16). The van der Waals surface area contributed by atoms with Crippen LogP contribution in [-0.2, 0) is 4.79 Å². The summed E-state index contributed by atoms with van der Waals surface area (Å²) >= 11 is 0. The summed E-state index contributed by atoms with van der Waals surface area (Å²) in [4.78, 5) is 12.4. The Hall–Kier alpha value is -1.71. The third-order valence-electron chi connectivity index (χ3n) is 3.99. The largest absolute Gasteiger partial charge is 0.494 e. The van der Waals surface area contributed by atoms with Gasteiger partial charge in [-0.1, -0.05) is 18.9 Å². The molecule has 0 bridgehead atoms. The zero-order valence-electron chi connectivity index (χ0n) is 10.5. The number of ether oxygens (including phenoxy) is 2. The molecule has 0 radical (unpaired) electrons. The molecule has 4 nitrogen and oxygen atoms in total. The van der Waals surface area contributed by atoms with Crippen LogP contribution in [0.25, 0.3) is 0 Å². The van der Waals surface area contributed by atoms with Gasteiger partial charge >= 0.3 is 0 Å². The summed E-state index contributed by atoms with van der Waals surface area (Å²) in [5, 5.41) is 2.99. The fourth-order valence-corrected chi connectivity index (χ4v) is 2.88. The van der Waals surface area contributed by atoms with Crippen LogP contribution < -0.4 is 14.8 Å². The van der Waals surface area contributed by atoms with Gasteiger partial charge in [0.15, 0.2) is 0 Å². The maximum Gasteiger partial charge on any atom is 0.234 e. The van der Waals surface area contributed by atoms with Crippen molar-refractivity contribution >= 4 is 11.6 Å². The summed E-state index contributed by atoms with van der Waals surface area (Å²) in [7, 11) is 1.60. The fraction of sp³-hybridized carbons (Fsp3) is 0.500. The van der Waals surface area contributed by atoms with E-state index in [1.165, 1.54) is 0 Å². The molecule has 3 rings (SSSR count). The molecule has 0 atom stereocenters. The summed E-state index contributed by atoms with van der Waals surface area (Å²) < 4.78 is 11.1. The molecule has 0 aromatic heterocycles.